The monoisotopic (exact) mass is 427 g/mol. The molecule has 2 saturated heterocycles. The third kappa shape index (κ3) is 5.41. The highest BCUT2D eigenvalue weighted by molar-refractivity contribution is 6.30. The molecule has 160 valence electrons. The maximum absolute atomic E-state index is 12.9. The van der Waals surface area contributed by atoms with E-state index in [1.807, 2.05) is 37.3 Å². The number of nitrogens with one attached hydrogen (secondary N) is 1. The molecule has 1 N–H and O–H groups in total. The van der Waals surface area contributed by atoms with Gasteiger partial charge in [0.15, 0.2) is 0 Å². The molecule has 5 nitrogen and oxygen atoms in total. The largest absolute Gasteiger partial charge is 0.371 e. The van der Waals surface area contributed by atoms with Crippen LogP contribution < -0.4 is 5.32 Å². The van der Waals surface area contributed by atoms with Gasteiger partial charge in [-0.3, -0.25) is 14.6 Å². The van der Waals surface area contributed by atoms with Gasteiger partial charge in [0.2, 0.25) is 5.91 Å². The Kier molecular flexibility index (Phi) is 7.05. The maximum atomic E-state index is 12.9. The second-order valence-electron chi connectivity index (χ2n) is 8.30. The van der Waals surface area contributed by atoms with Crippen molar-refractivity contribution in [3.8, 4) is 0 Å². The van der Waals surface area contributed by atoms with Crippen LogP contribution in [0.2, 0.25) is 5.02 Å². The van der Waals surface area contributed by atoms with E-state index in [1.165, 1.54) is 5.56 Å². The number of hydrogen-bond donors (Lipinski definition) is 1. The highest BCUT2D eigenvalue weighted by atomic mass is 35.5. The Balaban J connectivity index is 1.27. The molecule has 6 heteroatoms. The number of halogens is 1. The minimum Gasteiger partial charge on any atom is -0.371 e. The Bertz CT molecular complexity index is 830. The molecule has 4 rings (SSSR count). The van der Waals surface area contributed by atoms with Crippen LogP contribution in [0.1, 0.15) is 30.6 Å². The third-order valence-electron chi connectivity index (χ3n) is 6.13. The number of hydrogen-bond acceptors (Lipinski definition) is 4. The van der Waals surface area contributed by atoms with E-state index in [-0.39, 0.29) is 24.1 Å². The lowest BCUT2D eigenvalue weighted by Crippen LogP contribution is -2.52. The molecule has 0 spiro atoms. The average molecular weight is 428 g/mol. The van der Waals surface area contributed by atoms with Gasteiger partial charge < -0.3 is 10.1 Å². The summed E-state index contributed by atoms with van der Waals surface area (Å²) in [5.41, 5.74) is 2.42. The van der Waals surface area contributed by atoms with Crippen molar-refractivity contribution in [1.82, 2.24) is 15.1 Å². The number of likely N-dealkylation sites (tertiary alicyclic amines) is 1. The first-order chi connectivity index (χ1) is 14.6. The van der Waals surface area contributed by atoms with E-state index in [4.69, 9.17) is 16.3 Å². The first-order valence-electron chi connectivity index (χ1n) is 10.8. The van der Waals surface area contributed by atoms with E-state index >= 15 is 0 Å². The molecule has 1 amide bonds. The van der Waals surface area contributed by atoms with Crippen LogP contribution in [0, 0.1) is 0 Å². The minimum absolute atomic E-state index is 0.0286. The van der Waals surface area contributed by atoms with Crippen molar-refractivity contribution in [3.05, 3.63) is 70.7 Å². The van der Waals surface area contributed by atoms with Crippen LogP contribution in [0.5, 0.6) is 0 Å². The minimum atomic E-state index is -0.174. The van der Waals surface area contributed by atoms with Crippen LogP contribution >= 0.6 is 11.6 Å². The molecule has 0 radical (unpaired) electrons. The molecule has 2 aliphatic heterocycles. The summed E-state index contributed by atoms with van der Waals surface area (Å²) in [4.78, 5) is 17.6. The van der Waals surface area contributed by atoms with Crippen molar-refractivity contribution in [1.29, 1.82) is 0 Å². The summed E-state index contributed by atoms with van der Waals surface area (Å²) in [6, 6.07) is 18.3. The maximum Gasteiger partial charge on any atom is 0.237 e. The Morgan fingerprint density at radius 3 is 2.67 bits per heavy atom. The number of morpholine rings is 1. The molecular weight excluding hydrogens is 398 g/mol. The molecule has 3 atom stereocenters. The van der Waals surface area contributed by atoms with E-state index in [0.29, 0.717) is 13.2 Å². The molecule has 2 heterocycles. The predicted molar refractivity (Wildman–Crippen MR) is 119 cm³/mol. The van der Waals surface area contributed by atoms with Gasteiger partial charge in [-0.05, 0) is 36.6 Å². The number of benzene rings is 2. The Hall–Kier alpha value is -1.92. The second-order valence-corrected chi connectivity index (χ2v) is 8.73. The summed E-state index contributed by atoms with van der Waals surface area (Å²) in [7, 11) is 0. The van der Waals surface area contributed by atoms with Crippen LogP contribution in [0.15, 0.2) is 54.6 Å². The van der Waals surface area contributed by atoms with Gasteiger partial charge in [-0.25, -0.2) is 0 Å². The fourth-order valence-corrected chi connectivity index (χ4v) is 4.45. The molecule has 2 aromatic carbocycles. The fourth-order valence-electron chi connectivity index (χ4n) is 4.32. The number of nitrogens with zero attached hydrogens (tertiary/aromatic N) is 2. The summed E-state index contributed by atoms with van der Waals surface area (Å²) >= 11 is 6.00. The smallest absolute Gasteiger partial charge is 0.237 e. The molecule has 0 aliphatic carbocycles. The fraction of sp³-hybridized carbons (Fsp3) is 0.458. The van der Waals surface area contributed by atoms with Crippen LogP contribution in [0.3, 0.4) is 0 Å². The Labute approximate surface area is 184 Å². The number of amides is 1. The molecule has 0 saturated carbocycles. The zero-order valence-electron chi connectivity index (χ0n) is 17.5. The topological polar surface area (TPSA) is 44.8 Å². The van der Waals surface area contributed by atoms with E-state index < -0.39 is 0 Å². The summed E-state index contributed by atoms with van der Waals surface area (Å²) < 4.78 is 5.94. The Morgan fingerprint density at radius 1 is 1.13 bits per heavy atom. The lowest BCUT2D eigenvalue weighted by molar-refractivity contribution is -0.130. The van der Waals surface area contributed by atoms with Crippen molar-refractivity contribution < 1.29 is 9.53 Å². The SMILES string of the molecule is CC(C(=O)NC1CCN(Cc2ccccc2)C1)N1CCOC(c2ccc(Cl)cc2)C1. The van der Waals surface area contributed by atoms with Crippen molar-refractivity contribution in [3.63, 3.8) is 0 Å². The third-order valence-corrected chi connectivity index (χ3v) is 6.39. The van der Waals surface area contributed by atoms with E-state index in [2.05, 4.69) is 39.4 Å². The normalized spacial score (nSPS) is 23.9. The summed E-state index contributed by atoms with van der Waals surface area (Å²) in [6.45, 7) is 6.96. The molecule has 2 aromatic rings. The van der Waals surface area contributed by atoms with Crippen molar-refractivity contribution in [2.45, 2.75) is 38.1 Å². The summed E-state index contributed by atoms with van der Waals surface area (Å²) in [5.74, 6) is 0.110. The van der Waals surface area contributed by atoms with Gasteiger partial charge in [0, 0.05) is 43.8 Å². The second kappa shape index (κ2) is 9.92. The molecule has 2 aliphatic rings. The van der Waals surface area contributed by atoms with Gasteiger partial charge in [0.1, 0.15) is 0 Å². The van der Waals surface area contributed by atoms with Gasteiger partial charge in [0.25, 0.3) is 0 Å². The summed E-state index contributed by atoms with van der Waals surface area (Å²) in [6.07, 6.45) is 0.973. The highest BCUT2D eigenvalue weighted by Gasteiger charge is 2.31. The lowest BCUT2D eigenvalue weighted by Gasteiger charge is -2.36. The summed E-state index contributed by atoms with van der Waals surface area (Å²) in [5, 5.41) is 3.99. The highest BCUT2D eigenvalue weighted by Crippen LogP contribution is 2.25. The standard InChI is InChI=1S/C24H30ClN3O2/c1-18(28-13-14-30-23(17-28)20-7-9-21(25)10-8-20)24(29)26-22-11-12-27(16-22)15-19-5-3-2-4-6-19/h2-10,18,22-23H,11-17H2,1H3,(H,26,29). The number of rotatable bonds is 6. The molecule has 30 heavy (non-hydrogen) atoms. The number of ether oxygens (including phenoxy) is 1. The Morgan fingerprint density at radius 2 is 1.90 bits per heavy atom. The zero-order chi connectivity index (χ0) is 20.9. The predicted octanol–water partition coefficient (Wildman–Crippen LogP) is 3.49. The molecule has 2 fully saturated rings. The van der Waals surface area contributed by atoms with Gasteiger partial charge in [-0.2, -0.15) is 0 Å². The van der Waals surface area contributed by atoms with Crippen molar-refractivity contribution >= 4 is 17.5 Å². The van der Waals surface area contributed by atoms with Gasteiger partial charge in [0.05, 0.1) is 18.8 Å². The van der Waals surface area contributed by atoms with Crippen LogP contribution in [0.4, 0.5) is 0 Å². The molecule has 0 bridgehead atoms. The van der Waals surface area contributed by atoms with E-state index in [0.717, 1.165) is 43.2 Å². The van der Waals surface area contributed by atoms with Crippen molar-refractivity contribution in [2.75, 3.05) is 32.8 Å². The van der Waals surface area contributed by atoms with Crippen LogP contribution in [-0.2, 0) is 16.1 Å². The van der Waals surface area contributed by atoms with Gasteiger partial charge >= 0.3 is 0 Å². The van der Waals surface area contributed by atoms with Crippen molar-refractivity contribution in [2.24, 2.45) is 0 Å². The molecular formula is C24H30ClN3O2. The lowest BCUT2D eigenvalue weighted by atomic mass is 10.1. The van der Waals surface area contributed by atoms with Crippen LogP contribution in [0.25, 0.3) is 0 Å². The van der Waals surface area contributed by atoms with E-state index in [9.17, 15) is 4.79 Å². The average Bonchev–Trinajstić information content (AvgIpc) is 3.21. The number of carbonyl (C=O) groups excluding carboxylic acids is 1. The van der Waals surface area contributed by atoms with Gasteiger partial charge in [-0.1, -0.05) is 54.1 Å². The van der Waals surface area contributed by atoms with Crippen LogP contribution in [-0.4, -0.2) is 60.6 Å². The first kappa shape index (κ1) is 21.3. The zero-order valence-corrected chi connectivity index (χ0v) is 18.2. The molecule has 3 unspecified atom stereocenters. The number of carbonyl (C=O) groups is 1. The molecule has 0 aromatic heterocycles. The van der Waals surface area contributed by atoms with Gasteiger partial charge in [-0.15, -0.1) is 0 Å². The quantitative estimate of drug-likeness (QED) is 0.766. The first-order valence-corrected chi connectivity index (χ1v) is 11.1. The van der Waals surface area contributed by atoms with E-state index in [1.54, 1.807) is 0 Å².